The van der Waals surface area contributed by atoms with Crippen molar-refractivity contribution < 1.29 is 4.79 Å². The number of carbonyl (C=O) groups excluding carboxylic acids is 1. The van der Waals surface area contributed by atoms with Crippen LogP contribution in [-0.4, -0.2) is 32.5 Å². The van der Waals surface area contributed by atoms with E-state index in [9.17, 15) is 4.79 Å². The SMILES string of the molecule is CCC(C)NC(=O)Cn1cc(CNC(C)(C)C)nn1. The lowest BCUT2D eigenvalue weighted by Gasteiger charge is -2.19. The summed E-state index contributed by atoms with van der Waals surface area (Å²) >= 11 is 0. The van der Waals surface area contributed by atoms with Crippen molar-refractivity contribution in [2.24, 2.45) is 0 Å². The van der Waals surface area contributed by atoms with Gasteiger partial charge < -0.3 is 10.6 Å². The Hall–Kier alpha value is -1.43. The van der Waals surface area contributed by atoms with Gasteiger partial charge in [-0.15, -0.1) is 5.10 Å². The standard InChI is InChI=1S/C13H25N5O/c1-6-10(2)15-12(19)9-18-8-11(16-17-18)7-14-13(3,4)5/h8,10,14H,6-7,9H2,1-5H3,(H,15,19). The molecule has 1 aromatic rings. The molecular formula is C13H25N5O. The summed E-state index contributed by atoms with van der Waals surface area (Å²) in [7, 11) is 0. The van der Waals surface area contributed by atoms with Gasteiger partial charge in [0.15, 0.2) is 0 Å². The zero-order valence-electron chi connectivity index (χ0n) is 12.5. The summed E-state index contributed by atoms with van der Waals surface area (Å²) in [5.41, 5.74) is 0.879. The smallest absolute Gasteiger partial charge is 0.242 e. The van der Waals surface area contributed by atoms with E-state index in [2.05, 4.69) is 41.7 Å². The molecule has 1 rings (SSSR count). The number of nitrogens with one attached hydrogen (secondary N) is 2. The van der Waals surface area contributed by atoms with Crippen molar-refractivity contribution in [1.29, 1.82) is 0 Å². The third-order valence-corrected chi connectivity index (χ3v) is 2.71. The van der Waals surface area contributed by atoms with Crippen LogP contribution in [-0.2, 0) is 17.9 Å². The Bertz CT molecular complexity index is 407. The van der Waals surface area contributed by atoms with E-state index < -0.39 is 0 Å². The van der Waals surface area contributed by atoms with Crippen LogP contribution in [0.15, 0.2) is 6.20 Å². The molecule has 0 bridgehead atoms. The van der Waals surface area contributed by atoms with Crippen LogP contribution in [0.4, 0.5) is 0 Å². The fourth-order valence-corrected chi connectivity index (χ4v) is 1.42. The molecule has 6 heteroatoms. The Balaban J connectivity index is 2.44. The van der Waals surface area contributed by atoms with Crippen molar-refractivity contribution in [3.8, 4) is 0 Å². The minimum atomic E-state index is -0.0328. The molecule has 1 heterocycles. The number of nitrogens with zero attached hydrogens (tertiary/aromatic N) is 3. The van der Waals surface area contributed by atoms with Gasteiger partial charge >= 0.3 is 0 Å². The zero-order chi connectivity index (χ0) is 14.5. The van der Waals surface area contributed by atoms with Gasteiger partial charge in [0, 0.05) is 18.1 Å². The summed E-state index contributed by atoms with van der Waals surface area (Å²) < 4.78 is 1.57. The van der Waals surface area contributed by atoms with Gasteiger partial charge in [0.25, 0.3) is 0 Å². The summed E-state index contributed by atoms with van der Waals surface area (Å²) in [5, 5.41) is 14.2. The van der Waals surface area contributed by atoms with Crippen molar-refractivity contribution >= 4 is 5.91 Å². The van der Waals surface area contributed by atoms with E-state index in [0.717, 1.165) is 12.1 Å². The number of carbonyl (C=O) groups is 1. The summed E-state index contributed by atoms with van der Waals surface area (Å²) in [4.78, 5) is 11.7. The lowest BCUT2D eigenvalue weighted by Crippen LogP contribution is -2.35. The van der Waals surface area contributed by atoms with Crippen LogP contribution in [0, 0.1) is 0 Å². The summed E-state index contributed by atoms with van der Waals surface area (Å²) in [6.45, 7) is 11.2. The number of hydrogen-bond acceptors (Lipinski definition) is 4. The van der Waals surface area contributed by atoms with Gasteiger partial charge in [0.05, 0.1) is 11.9 Å². The maximum atomic E-state index is 11.7. The minimum absolute atomic E-state index is 0.0328. The predicted octanol–water partition coefficient (Wildman–Crippen LogP) is 1.08. The summed E-state index contributed by atoms with van der Waals surface area (Å²) in [6.07, 6.45) is 2.72. The molecular weight excluding hydrogens is 242 g/mol. The first kappa shape index (κ1) is 15.6. The second kappa shape index (κ2) is 6.65. The highest BCUT2D eigenvalue weighted by molar-refractivity contribution is 5.75. The molecule has 0 fully saturated rings. The third kappa shape index (κ3) is 6.33. The zero-order valence-corrected chi connectivity index (χ0v) is 12.5. The van der Waals surface area contributed by atoms with Crippen LogP contribution in [0.3, 0.4) is 0 Å². The lowest BCUT2D eigenvalue weighted by molar-refractivity contribution is -0.122. The van der Waals surface area contributed by atoms with Gasteiger partial charge in [-0.1, -0.05) is 12.1 Å². The van der Waals surface area contributed by atoms with Crippen LogP contribution in [0.5, 0.6) is 0 Å². The molecule has 6 nitrogen and oxygen atoms in total. The van der Waals surface area contributed by atoms with Crippen molar-refractivity contribution in [2.45, 2.75) is 65.7 Å². The van der Waals surface area contributed by atoms with E-state index in [1.54, 1.807) is 10.9 Å². The topological polar surface area (TPSA) is 71.8 Å². The van der Waals surface area contributed by atoms with Gasteiger partial charge in [0.1, 0.15) is 6.54 Å². The fraction of sp³-hybridized carbons (Fsp3) is 0.769. The third-order valence-electron chi connectivity index (χ3n) is 2.71. The highest BCUT2D eigenvalue weighted by Crippen LogP contribution is 2.01. The second-order valence-corrected chi connectivity index (χ2v) is 5.89. The van der Waals surface area contributed by atoms with E-state index >= 15 is 0 Å². The Labute approximate surface area is 115 Å². The maximum Gasteiger partial charge on any atom is 0.242 e. The Morgan fingerprint density at radius 3 is 2.74 bits per heavy atom. The fourth-order valence-electron chi connectivity index (χ4n) is 1.42. The average molecular weight is 267 g/mol. The number of rotatable bonds is 6. The van der Waals surface area contributed by atoms with Crippen molar-refractivity contribution in [3.63, 3.8) is 0 Å². The first-order chi connectivity index (χ1) is 8.80. The van der Waals surface area contributed by atoms with Crippen LogP contribution in [0.1, 0.15) is 46.7 Å². The molecule has 0 aromatic carbocycles. The maximum absolute atomic E-state index is 11.7. The predicted molar refractivity (Wildman–Crippen MR) is 74.5 cm³/mol. The Morgan fingerprint density at radius 1 is 1.47 bits per heavy atom. The van der Waals surface area contributed by atoms with Crippen LogP contribution < -0.4 is 10.6 Å². The van der Waals surface area contributed by atoms with Gasteiger partial charge in [-0.05, 0) is 34.1 Å². The number of amides is 1. The lowest BCUT2D eigenvalue weighted by atomic mass is 10.1. The number of hydrogen-bond donors (Lipinski definition) is 2. The molecule has 1 unspecified atom stereocenters. The van der Waals surface area contributed by atoms with Gasteiger partial charge in [-0.3, -0.25) is 4.79 Å². The molecule has 0 spiro atoms. The average Bonchev–Trinajstić information content (AvgIpc) is 2.73. The molecule has 0 aliphatic rings. The number of aromatic nitrogens is 3. The van der Waals surface area contributed by atoms with Gasteiger partial charge in [-0.25, -0.2) is 4.68 Å². The van der Waals surface area contributed by atoms with Gasteiger partial charge in [-0.2, -0.15) is 0 Å². The summed E-state index contributed by atoms with van der Waals surface area (Å²) in [5.74, 6) is -0.0328. The normalized spacial score (nSPS) is 13.3. The quantitative estimate of drug-likeness (QED) is 0.809. The highest BCUT2D eigenvalue weighted by atomic mass is 16.2. The molecule has 0 aliphatic carbocycles. The highest BCUT2D eigenvalue weighted by Gasteiger charge is 2.11. The van der Waals surface area contributed by atoms with E-state index in [0.29, 0.717) is 6.54 Å². The van der Waals surface area contributed by atoms with Crippen LogP contribution >= 0.6 is 0 Å². The van der Waals surface area contributed by atoms with E-state index in [4.69, 9.17) is 0 Å². The first-order valence-corrected chi connectivity index (χ1v) is 6.73. The molecule has 0 saturated heterocycles. The molecule has 0 saturated carbocycles. The first-order valence-electron chi connectivity index (χ1n) is 6.73. The Morgan fingerprint density at radius 2 is 2.16 bits per heavy atom. The molecule has 1 atom stereocenters. The van der Waals surface area contributed by atoms with Crippen molar-refractivity contribution in [2.75, 3.05) is 0 Å². The van der Waals surface area contributed by atoms with Crippen LogP contribution in [0.25, 0.3) is 0 Å². The largest absolute Gasteiger partial charge is 0.352 e. The minimum Gasteiger partial charge on any atom is -0.352 e. The van der Waals surface area contributed by atoms with Crippen LogP contribution in [0.2, 0.25) is 0 Å². The molecule has 108 valence electrons. The monoisotopic (exact) mass is 267 g/mol. The van der Waals surface area contributed by atoms with Gasteiger partial charge in [0.2, 0.25) is 5.91 Å². The second-order valence-electron chi connectivity index (χ2n) is 5.89. The molecule has 0 radical (unpaired) electrons. The molecule has 1 aromatic heterocycles. The summed E-state index contributed by atoms with van der Waals surface area (Å²) in [6, 6.07) is 0.193. The van der Waals surface area contributed by atoms with E-state index in [-0.39, 0.29) is 24.0 Å². The van der Waals surface area contributed by atoms with E-state index in [1.165, 1.54) is 0 Å². The molecule has 2 N–H and O–H groups in total. The van der Waals surface area contributed by atoms with Crippen molar-refractivity contribution in [3.05, 3.63) is 11.9 Å². The Kier molecular flexibility index (Phi) is 5.47. The molecule has 19 heavy (non-hydrogen) atoms. The van der Waals surface area contributed by atoms with E-state index in [1.807, 2.05) is 13.8 Å². The van der Waals surface area contributed by atoms with Crippen molar-refractivity contribution in [1.82, 2.24) is 25.6 Å². The molecule has 0 aliphatic heterocycles. The molecule has 1 amide bonds.